The number of nitrogens with one attached hydrogen (secondary N) is 2. The lowest BCUT2D eigenvalue weighted by Crippen LogP contribution is -2.47. The summed E-state index contributed by atoms with van der Waals surface area (Å²) in [7, 11) is -4.04. The summed E-state index contributed by atoms with van der Waals surface area (Å²) in [5.74, 6) is 1.43. The van der Waals surface area contributed by atoms with Crippen LogP contribution in [0.3, 0.4) is 0 Å². The molecule has 2 aromatic carbocycles. The topological polar surface area (TPSA) is 111 Å². The number of aryl methyl sites for hydroxylation is 1. The molecule has 2 aromatic heterocycles. The highest BCUT2D eigenvalue weighted by Crippen LogP contribution is 2.36. The highest BCUT2D eigenvalue weighted by molar-refractivity contribution is 7.89. The molecule has 4 heterocycles. The third-order valence-electron chi connectivity index (χ3n) is 7.90. The number of pyridine rings is 1. The summed E-state index contributed by atoms with van der Waals surface area (Å²) in [5.41, 5.74) is 3.09. The molecular formula is C31H36N6O4S. The first kappa shape index (κ1) is 28.0. The minimum Gasteiger partial charge on any atom is -0.491 e. The number of para-hydroxylation sites is 1. The van der Waals surface area contributed by atoms with Gasteiger partial charge in [-0.05, 0) is 74.2 Å². The molecule has 220 valence electrons. The van der Waals surface area contributed by atoms with Crippen molar-refractivity contribution in [1.29, 1.82) is 0 Å². The van der Waals surface area contributed by atoms with Gasteiger partial charge in [-0.3, -0.25) is 10.2 Å². The lowest BCUT2D eigenvalue weighted by molar-refractivity contribution is 0.230. The van der Waals surface area contributed by atoms with E-state index < -0.39 is 16.1 Å². The van der Waals surface area contributed by atoms with Crippen LogP contribution in [-0.4, -0.2) is 79.5 Å². The van der Waals surface area contributed by atoms with Crippen LogP contribution in [0.2, 0.25) is 0 Å². The summed E-state index contributed by atoms with van der Waals surface area (Å²) in [6.45, 7) is 5.36. The standard InChI is InChI=1S/C31H36N6O4S/c38-31(34-28-23-25-10-7-15-32-30(25)33-28)37(42(39,40)26-12-2-1-3-13-26)17-5-4-16-35-18-20-36(21-19-35)27-14-6-9-24-11-8-22-41-29(24)27/h1-3,6-7,9-10,12-15,23H,4-5,8,11,16-22H2,(H,32,33)(H,34,38). The lowest BCUT2D eigenvalue weighted by Gasteiger charge is -2.37. The molecule has 2 aliphatic rings. The van der Waals surface area contributed by atoms with Crippen LogP contribution in [0.25, 0.3) is 11.0 Å². The zero-order valence-electron chi connectivity index (χ0n) is 23.5. The van der Waals surface area contributed by atoms with Crippen molar-refractivity contribution >= 4 is 38.6 Å². The Morgan fingerprint density at radius 1 is 1.00 bits per heavy atom. The predicted molar refractivity (Wildman–Crippen MR) is 164 cm³/mol. The summed E-state index contributed by atoms with van der Waals surface area (Å²) < 4.78 is 34.0. The van der Waals surface area contributed by atoms with Crippen LogP contribution in [0.15, 0.2) is 77.8 Å². The van der Waals surface area contributed by atoms with E-state index >= 15 is 0 Å². The van der Waals surface area contributed by atoms with Crippen molar-refractivity contribution < 1.29 is 17.9 Å². The van der Waals surface area contributed by atoms with Crippen molar-refractivity contribution in [2.75, 3.05) is 56.1 Å². The van der Waals surface area contributed by atoms with Crippen molar-refractivity contribution in [3.63, 3.8) is 0 Å². The summed E-state index contributed by atoms with van der Waals surface area (Å²) in [6, 6.07) is 19.2. The fraction of sp³-hybridized carbons (Fsp3) is 0.355. The number of anilines is 2. The molecule has 0 spiro atoms. The van der Waals surface area contributed by atoms with Crippen molar-refractivity contribution in [1.82, 2.24) is 19.2 Å². The van der Waals surface area contributed by atoms with Gasteiger partial charge in [-0.15, -0.1) is 0 Å². The van der Waals surface area contributed by atoms with E-state index in [9.17, 15) is 13.2 Å². The number of ether oxygens (including phenoxy) is 1. The van der Waals surface area contributed by atoms with Crippen LogP contribution in [0.1, 0.15) is 24.8 Å². The minimum atomic E-state index is -4.04. The van der Waals surface area contributed by atoms with Crippen molar-refractivity contribution in [2.45, 2.75) is 30.6 Å². The number of benzene rings is 2. The van der Waals surface area contributed by atoms with Crippen LogP contribution in [0.5, 0.6) is 5.75 Å². The van der Waals surface area contributed by atoms with Crippen molar-refractivity contribution in [2.24, 2.45) is 0 Å². The van der Waals surface area contributed by atoms with Crippen LogP contribution >= 0.6 is 0 Å². The monoisotopic (exact) mass is 588 g/mol. The number of carbonyl (C=O) groups excluding carboxylic acids is 1. The van der Waals surface area contributed by atoms with E-state index in [1.165, 1.54) is 23.4 Å². The molecule has 1 fully saturated rings. The second kappa shape index (κ2) is 12.4. The molecule has 42 heavy (non-hydrogen) atoms. The number of hydrogen-bond donors (Lipinski definition) is 2. The minimum absolute atomic E-state index is 0.0784. The number of urea groups is 1. The summed E-state index contributed by atoms with van der Waals surface area (Å²) in [6.07, 6.45) is 5.11. The molecule has 2 aliphatic heterocycles. The highest BCUT2D eigenvalue weighted by Gasteiger charge is 2.30. The maximum atomic E-state index is 13.5. The van der Waals surface area contributed by atoms with Gasteiger partial charge in [0, 0.05) is 44.3 Å². The van der Waals surface area contributed by atoms with Gasteiger partial charge in [0.15, 0.2) is 0 Å². The normalized spacial score (nSPS) is 15.7. The molecule has 0 radical (unpaired) electrons. The Morgan fingerprint density at radius 2 is 1.83 bits per heavy atom. The smallest absolute Gasteiger partial charge is 0.336 e. The van der Waals surface area contributed by atoms with Gasteiger partial charge < -0.3 is 14.6 Å². The van der Waals surface area contributed by atoms with Gasteiger partial charge in [0.1, 0.15) is 17.2 Å². The first-order valence-electron chi connectivity index (χ1n) is 14.5. The number of unbranched alkanes of at least 4 members (excludes halogenated alkanes) is 1. The number of carbonyl (C=O) groups is 1. The molecule has 2 amide bonds. The van der Waals surface area contributed by atoms with Gasteiger partial charge in [-0.2, -0.15) is 0 Å². The van der Waals surface area contributed by atoms with E-state index in [2.05, 4.69) is 43.3 Å². The van der Waals surface area contributed by atoms with E-state index in [0.717, 1.165) is 74.0 Å². The first-order valence-corrected chi connectivity index (χ1v) is 16.0. The van der Waals surface area contributed by atoms with Crippen molar-refractivity contribution in [3.8, 4) is 5.75 Å². The maximum Gasteiger partial charge on any atom is 0.336 e. The Kier molecular flexibility index (Phi) is 8.29. The molecule has 11 heteroatoms. The second-order valence-electron chi connectivity index (χ2n) is 10.7. The maximum absolute atomic E-state index is 13.5. The summed E-state index contributed by atoms with van der Waals surface area (Å²) in [5, 5.41) is 3.55. The number of sulfonamides is 1. The van der Waals surface area contributed by atoms with Crippen LogP contribution in [0, 0.1) is 0 Å². The number of hydrogen-bond acceptors (Lipinski definition) is 7. The number of amides is 2. The number of rotatable bonds is 9. The quantitative estimate of drug-likeness (QED) is 0.273. The molecule has 0 atom stereocenters. The van der Waals surface area contributed by atoms with E-state index in [1.807, 2.05) is 6.07 Å². The summed E-state index contributed by atoms with van der Waals surface area (Å²) >= 11 is 0. The Bertz CT molecular complexity index is 1600. The Balaban J connectivity index is 1.06. The molecule has 4 aromatic rings. The number of nitrogens with zero attached hydrogens (tertiary/aromatic N) is 4. The second-order valence-corrected chi connectivity index (χ2v) is 12.6. The third-order valence-corrected chi connectivity index (χ3v) is 9.70. The van der Waals surface area contributed by atoms with Gasteiger partial charge >= 0.3 is 6.03 Å². The van der Waals surface area contributed by atoms with E-state index in [0.29, 0.717) is 17.9 Å². The van der Waals surface area contributed by atoms with Gasteiger partial charge in [0.05, 0.1) is 17.2 Å². The Labute approximate surface area is 246 Å². The average molecular weight is 589 g/mol. The number of piperazine rings is 1. The zero-order valence-corrected chi connectivity index (χ0v) is 24.4. The highest BCUT2D eigenvalue weighted by atomic mass is 32.2. The first-order chi connectivity index (χ1) is 20.5. The summed E-state index contributed by atoms with van der Waals surface area (Å²) in [4.78, 5) is 25.5. The predicted octanol–water partition coefficient (Wildman–Crippen LogP) is 4.71. The molecule has 0 saturated carbocycles. The fourth-order valence-electron chi connectivity index (χ4n) is 5.68. The molecule has 2 N–H and O–H groups in total. The van der Waals surface area contributed by atoms with Gasteiger partial charge in [0.25, 0.3) is 10.0 Å². The van der Waals surface area contributed by atoms with E-state index in [4.69, 9.17) is 4.74 Å². The van der Waals surface area contributed by atoms with Gasteiger partial charge in [0.2, 0.25) is 0 Å². The molecule has 6 rings (SSSR count). The van der Waals surface area contributed by atoms with Gasteiger partial charge in [-0.25, -0.2) is 22.5 Å². The Hall–Kier alpha value is -4.09. The molecule has 0 unspecified atom stereocenters. The molecular weight excluding hydrogens is 552 g/mol. The van der Waals surface area contributed by atoms with Crippen LogP contribution < -0.4 is 15.0 Å². The molecule has 0 bridgehead atoms. The molecule has 10 nitrogen and oxygen atoms in total. The number of fused-ring (bicyclic) bond motifs is 2. The third kappa shape index (κ3) is 6.07. The van der Waals surface area contributed by atoms with E-state index in [-0.39, 0.29) is 11.4 Å². The largest absolute Gasteiger partial charge is 0.491 e. The average Bonchev–Trinajstić information content (AvgIpc) is 3.43. The van der Waals surface area contributed by atoms with Crippen molar-refractivity contribution in [3.05, 3.63) is 78.5 Å². The fourth-order valence-corrected chi connectivity index (χ4v) is 7.07. The zero-order chi connectivity index (χ0) is 28.9. The van der Waals surface area contributed by atoms with Crippen LogP contribution in [0.4, 0.5) is 16.3 Å². The lowest BCUT2D eigenvalue weighted by atomic mass is 10.0. The van der Waals surface area contributed by atoms with Crippen LogP contribution in [-0.2, 0) is 16.4 Å². The SMILES string of the molecule is O=C(Nc1cc2cccnc2[nH]1)N(CCCCN1CCN(c2cccc3c2OCCC3)CC1)S(=O)(=O)c1ccccc1. The number of H-pyrrole nitrogens is 1. The molecule has 0 aliphatic carbocycles. The number of aromatic nitrogens is 2. The Morgan fingerprint density at radius 3 is 2.64 bits per heavy atom. The number of aromatic amines is 1. The molecule has 1 saturated heterocycles. The van der Waals surface area contributed by atoms with E-state index in [1.54, 1.807) is 36.5 Å². The van der Waals surface area contributed by atoms with Gasteiger partial charge in [-0.1, -0.05) is 30.3 Å².